The van der Waals surface area contributed by atoms with Crippen molar-refractivity contribution < 1.29 is 13.2 Å². The highest BCUT2D eigenvalue weighted by Crippen LogP contribution is 2.25. The maximum absolute atomic E-state index is 12.9. The molecule has 1 saturated heterocycles. The molecule has 0 radical (unpaired) electrons. The van der Waals surface area contributed by atoms with Gasteiger partial charge in [0.15, 0.2) is 5.96 Å². The number of aryl methyl sites for hydroxylation is 1. The minimum Gasteiger partial charge on any atom is -0.361 e. The van der Waals surface area contributed by atoms with Gasteiger partial charge in [0, 0.05) is 56.9 Å². The molecule has 2 heterocycles. The lowest BCUT2D eigenvalue weighted by atomic mass is 10.1. The zero-order valence-electron chi connectivity index (χ0n) is 16.6. The molecule has 154 valence electrons. The van der Waals surface area contributed by atoms with Crippen molar-refractivity contribution in [2.75, 3.05) is 39.8 Å². The van der Waals surface area contributed by atoms with Gasteiger partial charge in [0.2, 0.25) is 0 Å². The van der Waals surface area contributed by atoms with Gasteiger partial charge in [0.25, 0.3) is 0 Å². The SMILES string of the molecule is CN=C(NCCc1c[nH]c2cccc(C)c12)N1CCN(C(C)C(F)(F)F)CC1. The van der Waals surface area contributed by atoms with Crippen LogP contribution in [-0.2, 0) is 6.42 Å². The topological polar surface area (TPSA) is 46.7 Å². The van der Waals surface area contributed by atoms with Crippen molar-refractivity contribution >= 4 is 16.9 Å². The van der Waals surface area contributed by atoms with E-state index < -0.39 is 12.2 Å². The summed E-state index contributed by atoms with van der Waals surface area (Å²) >= 11 is 0. The average molecular weight is 395 g/mol. The van der Waals surface area contributed by atoms with Crippen molar-refractivity contribution in [1.82, 2.24) is 20.1 Å². The van der Waals surface area contributed by atoms with E-state index in [1.54, 1.807) is 7.05 Å². The van der Waals surface area contributed by atoms with Crippen molar-refractivity contribution in [3.05, 3.63) is 35.5 Å². The maximum Gasteiger partial charge on any atom is 0.403 e. The lowest BCUT2D eigenvalue weighted by Crippen LogP contribution is -2.56. The first kappa shape index (κ1) is 20.5. The normalized spacial score (nSPS) is 17.9. The number of hydrogen-bond acceptors (Lipinski definition) is 2. The molecule has 1 fully saturated rings. The maximum atomic E-state index is 12.9. The van der Waals surface area contributed by atoms with Gasteiger partial charge in [0.1, 0.15) is 6.04 Å². The molecule has 3 rings (SSSR count). The molecule has 1 unspecified atom stereocenters. The van der Waals surface area contributed by atoms with E-state index in [2.05, 4.69) is 34.3 Å². The van der Waals surface area contributed by atoms with E-state index in [0.717, 1.165) is 17.9 Å². The van der Waals surface area contributed by atoms with Gasteiger partial charge >= 0.3 is 6.18 Å². The molecule has 28 heavy (non-hydrogen) atoms. The summed E-state index contributed by atoms with van der Waals surface area (Å²) in [6.45, 7) is 5.87. The molecule has 2 N–H and O–H groups in total. The number of nitrogens with one attached hydrogen (secondary N) is 2. The van der Waals surface area contributed by atoms with Crippen molar-refractivity contribution in [2.24, 2.45) is 4.99 Å². The van der Waals surface area contributed by atoms with Crippen molar-refractivity contribution in [3.8, 4) is 0 Å². The second kappa shape index (κ2) is 8.43. The van der Waals surface area contributed by atoms with Gasteiger partial charge in [-0.1, -0.05) is 12.1 Å². The largest absolute Gasteiger partial charge is 0.403 e. The molecule has 0 aliphatic carbocycles. The predicted octanol–water partition coefficient (Wildman–Crippen LogP) is 3.16. The molecule has 5 nitrogen and oxygen atoms in total. The Bertz CT molecular complexity index is 819. The van der Waals surface area contributed by atoms with Gasteiger partial charge in [-0.05, 0) is 37.5 Å². The van der Waals surface area contributed by atoms with Gasteiger partial charge in [-0.2, -0.15) is 13.2 Å². The Morgan fingerprint density at radius 1 is 1.25 bits per heavy atom. The molecule has 0 saturated carbocycles. The Morgan fingerprint density at radius 2 is 1.96 bits per heavy atom. The highest BCUT2D eigenvalue weighted by Gasteiger charge is 2.41. The van der Waals surface area contributed by atoms with E-state index in [4.69, 9.17) is 0 Å². The third-order valence-electron chi connectivity index (χ3n) is 5.52. The molecule has 0 amide bonds. The second-order valence-corrected chi connectivity index (χ2v) is 7.28. The fourth-order valence-corrected chi connectivity index (χ4v) is 3.82. The number of benzene rings is 1. The van der Waals surface area contributed by atoms with Crippen molar-refractivity contribution in [3.63, 3.8) is 0 Å². The Hall–Kier alpha value is -2.22. The first-order chi connectivity index (χ1) is 13.3. The average Bonchev–Trinajstić information content (AvgIpc) is 3.09. The minimum atomic E-state index is -4.18. The molecule has 0 bridgehead atoms. The smallest absolute Gasteiger partial charge is 0.361 e. The fraction of sp³-hybridized carbons (Fsp3) is 0.550. The number of aromatic nitrogens is 1. The van der Waals surface area contributed by atoms with Crippen LogP contribution in [0.5, 0.6) is 0 Å². The zero-order chi connectivity index (χ0) is 20.3. The van der Waals surface area contributed by atoms with E-state index in [1.807, 2.05) is 17.2 Å². The molecule has 8 heteroatoms. The first-order valence-electron chi connectivity index (χ1n) is 9.63. The van der Waals surface area contributed by atoms with Crippen LogP contribution >= 0.6 is 0 Å². The summed E-state index contributed by atoms with van der Waals surface area (Å²) in [5, 5.41) is 4.62. The third-order valence-corrected chi connectivity index (χ3v) is 5.52. The van der Waals surface area contributed by atoms with E-state index in [0.29, 0.717) is 32.7 Å². The van der Waals surface area contributed by atoms with Gasteiger partial charge in [-0.15, -0.1) is 0 Å². The molecule has 0 spiro atoms. The number of nitrogens with zero attached hydrogens (tertiary/aromatic N) is 3. The van der Waals surface area contributed by atoms with Crippen LogP contribution in [0, 0.1) is 6.92 Å². The summed E-state index contributed by atoms with van der Waals surface area (Å²) < 4.78 is 38.7. The molecule has 1 aliphatic heterocycles. The highest BCUT2D eigenvalue weighted by atomic mass is 19.4. The Balaban J connectivity index is 1.53. The number of alkyl halides is 3. The summed E-state index contributed by atoms with van der Waals surface area (Å²) in [6, 6.07) is 4.81. The standard InChI is InChI=1S/C20H28F3N5/c1-14-5-4-6-17-18(14)16(13-26-17)7-8-25-19(24-3)28-11-9-27(10-12-28)15(2)20(21,22)23/h4-6,13,15,26H,7-12H2,1-3H3,(H,24,25). The molecular formula is C20H28F3N5. The summed E-state index contributed by atoms with van der Waals surface area (Å²) in [5.41, 5.74) is 3.63. The highest BCUT2D eigenvalue weighted by molar-refractivity contribution is 5.86. The van der Waals surface area contributed by atoms with E-state index in [1.165, 1.54) is 28.3 Å². The Kier molecular flexibility index (Phi) is 6.17. The molecule has 2 aromatic rings. The zero-order valence-corrected chi connectivity index (χ0v) is 16.6. The van der Waals surface area contributed by atoms with Crippen LogP contribution in [0.2, 0.25) is 0 Å². The summed E-state index contributed by atoms with van der Waals surface area (Å²) in [7, 11) is 1.71. The fourth-order valence-electron chi connectivity index (χ4n) is 3.82. The number of halogens is 3. The van der Waals surface area contributed by atoms with E-state index in [9.17, 15) is 13.2 Å². The summed E-state index contributed by atoms with van der Waals surface area (Å²) in [5.74, 6) is 0.746. The van der Waals surface area contributed by atoms with Crippen LogP contribution in [-0.4, -0.2) is 72.7 Å². The number of aliphatic imine (C=N–C) groups is 1. The van der Waals surface area contributed by atoms with Gasteiger partial charge in [-0.25, -0.2) is 0 Å². The van der Waals surface area contributed by atoms with Crippen molar-refractivity contribution in [1.29, 1.82) is 0 Å². The Labute approximate surface area is 163 Å². The number of piperazine rings is 1. The lowest BCUT2D eigenvalue weighted by Gasteiger charge is -2.39. The van der Waals surface area contributed by atoms with Crippen LogP contribution in [0.15, 0.2) is 29.4 Å². The number of aromatic amines is 1. The molecule has 1 aliphatic rings. The summed E-state index contributed by atoms with van der Waals surface area (Å²) in [4.78, 5) is 11.1. The van der Waals surface area contributed by atoms with Gasteiger partial charge in [-0.3, -0.25) is 9.89 Å². The number of rotatable bonds is 4. The van der Waals surface area contributed by atoms with E-state index in [-0.39, 0.29) is 0 Å². The van der Waals surface area contributed by atoms with Crippen molar-refractivity contribution in [2.45, 2.75) is 32.5 Å². The van der Waals surface area contributed by atoms with Crippen LogP contribution in [0.4, 0.5) is 13.2 Å². The first-order valence-corrected chi connectivity index (χ1v) is 9.63. The van der Waals surface area contributed by atoms with Crippen LogP contribution in [0.1, 0.15) is 18.1 Å². The Morgan fingerprint density at radius 3 is 2.61 bits per heavy atom. The molecular weight excluding hydrogens is 367 g/mol. The van der Waals surface area contributed by atoms with E-state index >= 15 is 0 Å². The minimum absolute atomic E-state index is 0.378. The monoisotopic (exact) mass is 395 g/mol. The molecule has 1 atom stereocenters. The number of hydrogen-bond donors (Lipinski definition) is 2. The number of guanidine groups is 1. The molecule has 1 aromatic carbocycles. The van der Waals surface area contributed by atoms with Crippen LogP contribution in [0.3, 0.4) is 0 Å². The van der Waals surface area contributed by atoms with Crippen LogP contribution in [0.25, 0.3) is 10.9 Å². The predicted molar refractivity (Wildman–Crippen MR) is 107 cm³/mol. The van der Waals surface area contributed by atoms with Gasteiger partial charge in [0.05, 0.1) is 0 Å². The lowest BCUT2D eigenvalue weighted by molar-refractivity contribution is -0.181. The summed E-state index contributed by atoms with van der Waals surface area (Å²) in [6.07, 6.45) is -1.30. The number of H-pyrrole nitrogens is 1. The van der Waals surface area contributed by atoms with Crippen LogP contribution < -0.4 is 5.32 Å². The molecule has 1 aromatic heterocycles. The van der Waals surface area contributed by atoms with Gasteiger partial charge < -0.3 is 15.2 Å². The quantitative estimate of drug-likeness (QED) is 0.618. The second-order valence-electron chi connectivity index (χ2n) is 7.28. The third kappa shape index (κ3) is 4.43. The number of fused-ring (bicyclic) bond motifs is 1.